The van der Waals surface area contributed by atoms with Crippen LogP contribution in [0.3, 0.4) is 0 Å². The quantitative estimate of drug-likeness (QED) is 0.571. The van der Waals surface area contributed by atoms with Gasteiger partial charge >= 0.3 is 0 Å². The molecule has 2 N–H and O–H groups in total. The van der Waals surface area contributed by atoms with Crippen molar-refractivity contribution in [2.45, 2.75) is 58.5 Å². The molecule has 7 nitrogen and oxygen atoms in total. The monoisotopic (exact) mass is 483 g/mol. The number of nitrogens with one attached hydrogen (secondary N) is 2. The first-order valence-corrected chi connectivity index (χ1v) is 13.1. The fourth-order valence-corrected chi connectivity index (χ4v) is 5.02. The lowest BCUT2D eigenvalue weighted by Crippen LogP contribution is -2.51. The van der Waals surface area contributed by atoms with Gasteiger partial charge in [0.25, 0.3) is 0 Å². The summed E-state index contributed by atoms with van der Waals surface area (Å²) in [7, 11) is -1.73. The van der Waals surface area contributed by atoms with Crippen molar-refractivity contribution in [1.29, 1.82) is 0 Å². The summed E-state index contributed by atoms with van der Waals surface area (Å²) in [6.07, 6.45) is 4.06. The van der Waals surface area contributed by atoms with Crippen LogP contribution in [0, 0.1) is 13.8 Å². The number of aryl methyl sites for hydroxylation is 2. The van der Waals surface area contributed by atoms with E-state index in [9.17, 15) is 18.6 Å². The van der Waals surface area contributed by atoms with E-state index in [0.717, 1.165) is 36.8 Å². The minimum atomic E-state index is -1.73. The molecule has 1 fully saturated rings. The predicted molar refractivity (Wildman–Crippen MR) is 136 cm³/mol. The van der Waals surface area contributed by atoms with Gasteiger partial charge in [0.15, 0.2) is 0 Å². The van der Waals surface area contributed by atoms with E-state index in [4.69, 9.17) is 0 Å². The van der Waals surface area contributed by atoms with Gasteiger partial charge in [-0.2, -0.15) is 0 Å². The fraction of sp³-hybridized carbons (Fsp3) is 0.423. The summed E-state index contributed by atoms with van der Waals surface area (Å²) in [6, 6.07) is 13.9. The lowest BCUT2D eigenvalue weighted by molar-refractivity contribution is -0.125. The lowest BCUT2D eigenvalue weighted by Gasteiger charge is -2.30. The van der Waals surface area contributed by atoms with Gasteiger partial charge < -0.3 is 10.6 Å². The Morgan fingerprint density at radius 2 is 1.65 bits per heavy atom. The zero-order chi connectivity index (χ0) is 24.7. The van der Waals surface area contributed by atoms with E-state index >= 15 is 0 Å². The van der Waals surface area contributed by atoms with Crippen molar-refractivity contribution in [2.24, 2.45) is 0 Å². The molecular weight excluding hydrogens is 450 g/mol. The number of anilines is 2. The predicted octanol–water partition coefficient (Wildman–Crippen LogP) is 3.47. The Bertz CT molecular complexity index is 1050. The van der Waals surface area contributed by atoms with E-state index in [0.29, 0.717) is 11.4 Å². The Balaban J connectivity index is 1.68. The van der Waals surface area contributed by atoms with E-state index in [1.165, 1.54) is 4.90 Å². The van der Waals surface area contributed by atoms with Gasteiger partial charge in [-0.25, -0.2) is 0 Å². The number of hydrogen-bond donors (Lipinski definition) is 2. The van der Waals surface area contributed by atoms with Crippen LogP contribution in [0.5, 0.6) is 0 Å². The Kier molecular flexibility index (Phi) is 8.98. The van der Waals surface area contributed by atoms with Crippen molar-refractivity contribution >= 4 is 39.9 Å². The number of amides is 3. The van der Waals surface area contributed by atoms with Crippen LogP contribution in [0.25, 0.3) is 0 Å². The van der Waals surface area contributed by atoms with Crippen LogP contribution >= 0.6 is 0 Å². The van der Waals surface area contributed by atoms with Gasteiger partial charge in [-0.05, 0) is 57.4 Å². The zero-order valence-corrected chi connectivity index (χ0v) is 20.8. The Morgan fingerprint density at radius 1 is 1.00 bits per heavy atom. The van der Waals surface area contributed by atoms with Crippen molar-refractivity contribution in [3.8, 4) is 0 Å². The van der Waals surface area contributed by atoms with Gasteiger partial charge in [-0.1, -0.05) is 48.7 Å². The van der Waals surface area contributed by atoms with Crippen LogP contribution in [0.2, 0.25) is 0 Å². The molecule has 34 heavy (non-hydrogen) atoms. The van der Waals surface area contributed by atoms with E-state index in [2.05, 4.69) is 10.6 Å². The maximum Gasteiger partial charge on any atom is 0.243 e. The molecular formula is C26H33N3O4S. The highest BCUT2D eigenvalue weighted by atomic mass is 32.2. The molecule has 0 spiro atoms. The number of rotatable bonds is 9. The summed E-state index contributed by atoms with van der Waals surface area (Å²) in [5.74, 6) is -1.76. The van der Waals surface area contributed by atoms with Crippen LogP contribution in [0.4, 0.5) is 11.4 Å². The highest BCUT2D eigenvalue weighted by molar-refractivity contribution is 7.86. The Morgan fingerprint density at radius 3 is 2.29 bits per heavy atom. The molecule has 0 unspecified atom stereocenters. The molecule has 1 saturated carbocycles. The topological polar surface area (TPSA) is 95.6 Å². The van der Waals surface area contributed by atoms with Crippen LogP contribution in [0.15, 0.2) is 48.5 Å². The molecule has 1 aliphatic rings. The third-order valence-corrected chi connectivity index (χ3v) is 7.18. The summed E-state index contributed by atoms with van der Waals surface area (Å²) in [6.45, 7) is 5.49. The molecule has 0 aromatic heterocycles. The van der Waals surface area contributed by atoms with E-state index < -0.39 is 28.7 Å². The Hall–Kier alpha value is -3.00. The van der Waals surface area contributed by atoms with Gasteiger partial charge in [-0.15, -0.1) is 0 Å². The van der Waals surface area contributed by atoms with E-state index in [1.54, 1.807) is 31.2 Å². The molecule has 2 aromatic carbocycles. The molecule has 182 valence electrons. The third-order valence-electron chi connectivity index (χ3n) is 6.02. The number of nitrogens with zero attached hydrogens (tertiary/aromatic N) is 1. The molecule has 0 saturated heterocycles. The maximum absolute atomic E-state index is 13.3. The van der Waals surface area contributed by atoms with Crippen molar-refractivity contribution < 1.29 is 18.6 Å². The molecule has 0 radical (unpaired) electrons. The molecule has 3 amide bonds. The van der Waals surface area contributed by atoms with Crippen molar-refractivity contribution in [1.82, 2.24) is 5.32 Å². The number of para-hydroxylation sites is 1. The summed E-state index contributed by atoms with van der Waals surface area (Å²) >= 11 is 0. The molecule has 0 bridgehead atoms. The molecule has 8 heteroatoms. The number of hydrogen-bond acceptors (Lipinski definition) is 4. The SMILES string of the molecule is Cc1ccc(NC(=O)C[S@](=O)CC(=O)N(c2ccccc2C)[C@H](C)C(=O)NC2CCCC2)cc1. The highest BCUT2D eigenvalue weighted by Crippen LogP contribution is 2.24. The normalized spacial score (nSPS) is 15.4. The number of benzene rings is 2. The van der Waals surface area contributed by atoms with Crippen molar-refractivity contribution in [3.63, 3.8) is 0 Å². The number of carbonyl (C=O) groups excluding carboxylic acids is 3. The molecule has 2 atom stereocenters. The molecule has 3 rings (SSSR count). The van der Waals surface area contributed by atoms with E-state index in [-0.39, 0.29) is 23.5 Å². The second-order valence-electron chi connectivity index (χ2n) is 8.86. The van der Waals surface area contributed by atoms with Crippen LogP contribution < -0.4 is 15.5 Å². The second kappa shape index (κ2) is 11.9. The largest absolute Gasteiger partial charge is 0.352 e. The van der Waals surface area contributed by atoms with Gasteiger partial charge in [0.05, 0.1) is 0 Å². The smallest absolute Gasteiger partial charge is 0.243 e. The molecule has 1 aliphatic carbocycles. The zero-order valence-electron chi connectivity index (χ0n) is 20.0. The summed E-state index contributed by atoms with van der Waals surface area (Å²) in [5, 5.41) is 5.75. The minimum Gasteiger partial charge on any atom is -0.352 e. The van der Waals surface area contributed by atoms with Crippen LogP contribution in [-0.2, 0) is 25.2 Å². The summed E-state index contributed by atoms with van der Waals surface area (Å²) < 4.78 is 12.7. The molecule has 2 aromatic rings. The standard InChI is InChI=1S/C26H33N3O4S/c1-18-12-14-22(15-13-18)27-24(30)16-34(33)17-25(31)29(23-11-7-4-8-19(23)2)20(3)26(32)28-21-9-5-6-10-21/h4,7-8,11-15,20-21H,5-6,9-10,16-17H2,1-3H3,(H,27,30)(H,28,32)/t20-,34+/m1/s1. The first-order valence-electron chi connectivity index (χ1n) is 11.6. The lowest BCUT2D eigenvalue weighted by atomic mass is 10.1. The van der Waals surface area contributed by atoms with Gasteiger partial charge in [0.2, 0.25) is 17.7 Å². The molecule has 0 aliphatic heterocycles. The summed E-state index contributed by atoms with van der Waals surface area (Å²) in [4.78, 5) is 40.0. The first kappa shape index (κ1) is 25.6. The second-order valence-corrected chi connectivity index (χ2v) is 10.3. The maximum atomic E-state index is 13.3. The fourth-order valence-electron chi connectivity index (χ4n) is 4.14. The van der Waals surface area contributed by atoms with Gasteiger partial charge in [-0.3, -0.25) is 23.5 Å². The Labute approximate surface area is 203 Å². The number of carbonyl (C=O) groups is 3. The van der Waals surface area contributed by atoms with Crippen molar-refractivity contribution in [2.75, 3.05) is 21.7 Å². The first-order chi connectivity index (χ1) is 16.2. The summed E-state index contributed by atoms with van der Waals surface area (Å²) in [5.41, 5.74) is 3.11. The van der Waals surface area contributed by atoms with Gasteiger partial charge in [0, 0.05) is 28.2 Å². The van der Waals surface area contributed by atoms with Crippen molar-refractivity contribution in [3.05, 3.63) is 59.7 Å². The average Bonchev–Trinajstić information content (AvgIpc) is 3.29. The average molecular weight is 484 g/mol. The van der Waals surface area contributed by atoms with Gasteiger partial charge in [0.1, 0.15) is 17.5 Å². The third kappa shape index (κ3) is 7.00. The minimum absolute atomic E-state index is 0.128. The molecule has 0 heterocycles. The highest BCUT2D eigenvalue weighted by Gasteiger charge is 2.31. The van der Waals surface area contributed by atoms with Crippen LogP contribution in [-0.4, -0.2) is 45.5 Å². The van der Waals surface area contributed by atoms with Crippen LogP contribution in [0.1, 0.15) is 43.7 Å². The van der Waals surface area contributed by atoms with E-state index in [1.807, 2.05) is 38.1 Å².